The number of nitrogens with zero attached hydrogens (tertiary/aromatic N) is 4. The number of fused-ring (bicyclic) bond motifs is 1. The molecule has 2 aromatic carbocycles. The zero-order chi connectivity index (χ0) is 20.0. The highest BCUT2D eigenvalue weighted by molar-refractivity contribution is 6.43. The van der Waals surface area contributed by atoms with Crippen molar-refractivity contribution in [1.29, 1.82) is 0 Å². The Morgan fingerprint density at radius 3 is 2.68 bits per heavy atom. The highest BCUT2D eigenvalue weighted by Crippen LogP contribution is 2.30. The van der Waals surface area contributed by atoms with Crippen LogP contribution in [-0.4, -0.2) is 31.6 Å². The molecule has 4 rings (SSSR count). The zero-order valence-electron chi connectivity index (χ0n) is 14.7. The van der Waals surface area contributed by atoms with Crippen LogP contribution in [0.25, 0.3) is 11.4 Å². The highest BCUT2D eigenvalue weighted by atomic mass is 35.5. The first-order valence-corrected chi connectivity index (χ1v) is 9.25. The molecule has 0 aliphatic carbocycles. The van der Waals surface area contributed by atoms with E-state index in [0.717, 1.165) is 6.07 Å². The van der Waals surface area contributed by atoms with E-state index in [4.69, 9.17) is 23.2 Å². The summed E-state index contributed by atoms with van der Waals surface area (Å²) in [4.78, 5) is 14.6. The van der Waals surface area contributed by atoms with Crippen molar-refractivity contribution in [3.63, 3.8) is 0 Å². The summed E-state index contributed by atoms with van der Waals surface area (Å²) in [6.07, 6.45) is 0. The lowest BCUT2D eigenvalue weighted by molar-refractivity contribution is 0.0612. The third kappa shape index (κ3) is 3.04. The van der Waals surface area contributed by atoms with E-state index in [-0.39, 0.29) is 34.9 Å². The van der Waals surface area contributed by atoms with Gasteiger partial charge in [0.1, 0.15) is 0 Å². The van der Waals surface area contributed by atoms with E-state index >= 15 is 0 Å². The molecule has 0 saturated heterocycles. The first-order valence-electron chi connectivity index (χ1n) is 8.50. The molecule has 28 heavy (non-hydrogen) atoms. The van der Waals surface area contributed by atoms with Crippen molar-refractivity contribution < 1.29 is 13.6 Å². The molecular formula is C19H14Cl2F2N4O. The number of rotatable bonds is 2. The number of hydrogen-bond acceptors (Lipinski definition) is 3. The van der Waals surface area contributed by atoms with Gasteiger partial charge in [0.15, 0.2) is 23.3 Å². The largest absolute Gasteiger partial charge is 0.327 e. The van der Waals surface area contributed by atoms with Crippen LogP contribution in [0.1, 0.15) is 23.1 Å². The van der Waals surface area contributed by atoms with Gasteiger partial charge in [0.05, 0.1) is 27.7 Å². The third-order valence-electron chi connectivity index (χ3n) is 4.75. The van der Waals surface area contributed by atoms with Gasteiger partial charge in [-0.3, -0.25) is 4.79 Å². The second-order valence-electron chi connectivity index (χ2n) is 6.54. The van der Waals surface area contributed by atoms with E-state index in [2.05, 4.69) is 10.2 Å². The maximum Gasteiger partial charge on any atom is 0.256 e. The fourth-order valence-electron chi connectivity index (χ4n) is 3.29. The van der Waals surface area contributed by atoms with Gasteiger partial charge in [0.25, 0.3) is 5.91 Å². The van der Waals surface area contributed by atoms with Crippen molar-refractivity contribution in [1.82, 2.24) is 19.7 Å². The van der Waals surface area contributed by atoms with E-state index in [1.165, 1.54) is 12.1 Å². The zero-order valence-corrected chi connectivity index (χ0v) is 16.2. The Balaban J connectivity index is 1.69. The van der Waals surface area contributed by atoms with E-state index in [1.807, 2.05) is 6.92 Å². The summed E-state index contributed by atoms with van der Waals surface area (Å²) in [5.74, 6) is -1.51. The standard InChI is InChI=1S/C19H14Cl2F2N4O/c1-10-8-27-15(24-25-18(27)12-5-3-7-14(22)17(12)23)9-26(10)19(28)11-4-2-6-13(20)16(11)21/h2-7,10H,8-9H2,1H3. The Labute approximate surface area is 169 Å². The molecule has 0 spiro atoms. The molecule has 5 nitrogen and oxygen atoms in total. The van der Waals surface area contributed by atoms with Crippen LogP contribution >= 0.6 is 23.2 Å². The van der Waals surface area contributed by atoms with E-state index < -0.39 is 11.6 Å². The minimum absolute atomic E-state index is 0.0311. The average Bonchev–Trinajstić information content (AvgIpc) is 3.07. The number of halogens is 4. The van der Waals surface area contributed by atoms with E-state index in [1.54, 1.807) is 27.7 Å². The minimum atomic E-state index is -0.977. The van der Waals surface area contributed by atoms with E-state index in [9.17, 15) is 13.6 Å². The van der Waals surface area contributed by atoms with Crippen LogP contribution in [0.3, 0.4) is 0 Å². The normalized spacial score (nSPS) is 16.2. The molecule has 1 aliphatic rings. The van der Waals surface area contributed by atoms with Gasteiger partial charge < -0.3 is 9.47 Å². The van der Waals surface area contributed by atoms with Crippen LogP contribution in [0.15, 0.2) is 36.4 Å². The Morgan fingerprint density at radius 1 is 1.14 bits per heavy atom. The van der Waals surface area contributed by atoms with Crippen LogP contribution in [0.4, 0.5) is 8.78 Å². The summed E-state index contributed by atoms with van der Waals surface area (Å²) in [6, 6.07) is 8.53. The van der Waals surface area contributed by atoms with Gasteiger partial charge >= 0.3 is 0 Å². The summed E-state index contributed by atoms with van der Waals surface area (Å²) >= 11 is 12.2. The monoisotopic (exact) mass is 422 g/mol. The van der Waals surface area contributed by atoms with E-state index in [0.29, 0.717) is 23.0 Å². The molecule has 9 heteroatoms. The highest BCUT2D eigenvalue weighted by Gasteiger charge is 2.32. The Hall–Kier alpha value is -2.51. The quantitative estimate of drug-likeness (QED) is 0.607. The van der Waals surface area contributed by atoms with Crippen LogP contribution < -0.4 is 0 Å². The van der Waals surface area contributed by atoms with Crippen LogP contribution in [0, 0.1) is 11.6 Å². The number of carbonyl (C=O) groups is 1. The first kappa shape index (κ1) is 18.8. The summed E-state index contributed by atoms with van der Waals surface area (Å²) in [5, 5.41) is 8.59. The van der Waals surface area contributed by atoms with Crippen molar-refractivity contribution in [3.8, 4) is 11.4 Å². The molecule has 0 radical (unpaired) electrons. The van der Waals surface area contributed by atoms with Crippen LogP contribution in [0.5, 0.6) is 0 Å². The summed E-state index contributed by atoms with van der Waals surface area (Å²) in [6.45, 7) is 2.34. The minimum Gasteiger partial charge on any atom is -0.327 e. The Bertz CT molecular complexity index is 1090. The van der Waals surface area contributed by atoms with Gasteiger partial charge in [-0.2, -0.15) is 0 Å². The second kappa shape index (κ2) is 7.14. The second-order valence-corrected chi connectivity index (χ2v) is 7.32. The van der Waals surface area contributed by atoms with Gasteiger partial charge in [0.2, 0.25) is 0 Å². The molecule has 0 fully saturated rings. The number of amides is 1. The van der Waals surface area contributed by atoms with Gasteiger partial charge in [-0.05, 0) is 31.2 Å². The predicted octanol–water partition coefficient (Wildman–Crippen LogP) is 4.57. The summed E-state index contributed by atoms with van der Waals surface area (Å²) in [5.41, 5.74) is 0.328. The lowest BCUT2D eigenvalue weighted by Crippen LogP contribution is -2.45. The van der Waals surface area contributed by atoms with Crippen molar-refractivity contribution >= 4 is 29.1 Å². The van der Waals surface area contributed by atoms with Crippen molar-refractivity contribution in [2.45, 2.75) is 26.1 Å². The molecule has 0 saturated carbocycles. The maximum absolute atomic E-state index is 14.2. The lowest BCUT2D eigenvalue weighted by atomic mass is 10.1. The van der Waals surface area contributed by atoms with Gasteiger partial charge in [-0.1, -0.05) is 35.3 Å². The average molecular weight is 423 g/mol. The molecule has 0 N–H and O–H groups in total. The topological polar surface area (TPSA) is 51.0 Å². The number of benzene rings is 2. The number of hydrogen-bond donors (Lipinski definition) is 0. The van der Waals surface area contributed by atoms with Gasteiger partial charge in [-0.25, -0.2) is 8.78 Å². The Morgan fingerprint density at radius 2 is 1.89 bits per heavy atom. The molecule has 1 aromatic heterocycles. The smallest absolute Gasteiger partial charge is 0.256 e. The van der Waals surface area contributed by atoms with Crippen molar-refractivity contribution in [3.05, 3.63) is 69.5 Å². The number of carbonyl (C=O) groups excluding carboxylic acids is 1. The fraction of sp³-hybridized carbons (Fsp3) is 0.211. The molecule has 1 amide bonds. The van der Waals surface area contributed by atoms with Gasteiger partial charge in [0, 0.05) is 12.6 Å². The summed E-state index contributed by atoms with van der Waals surface area (Å²) < 4.78 is 29.5. The summed E-state index contributed by atoms with van der Waals surface area (Å²) in [7, 11) is 0. The molecule has 1 unspecified atom stereocenters. The van der Waals surface area contributed by atoms with Crippen molar-refractivity contribution in [2.75, 3.05) is 0 Å². The molecule has 2 heterocycles. The van der Waals surface area contributed by atoms with Crippen LogP contribution in [0.2, 0.25) is 10.0 Å². The first-order chi connectivity index (χ1) is 13.4. The lowest BCUT2D eigenvalue weighted by Gasteiger charge is -2.34. The molecule has 3 aromatic rings. The van der Waals surface area contributed by atoms with Crippen LogP contribution in [-0.2, 0) is 13.1 Å². The fourth-order valence-corrected chi connectivity index (χ4v) is 3.67. The molecule has 1 atom stereocenters. The molecule has 1 aliphatic heterocycles. The SMILES string of the molecule is CC1Cn2c(nnc2-c2cccc(F)c2F)CN1C(=O)c1cccc(Cl)c1Cl. The molecule has 0 bridgehead atoms. The molecule has 144 valence electrons. The third-order valence-corrected chi connectivity index (χ3v) is 5.57. The van der Waals surface area contributed by atoms with Crippen molar-refractivity contribution in [2.24, 2.45) is 0 Å². The van der Waals surface area contributed by atoms with Gasteiger partial charge in [-0.15, -0.1) is 10.2 Å². The maximum atomic E-state index is 14.2. The Kier molecular flexibility index (Phi) is 4.81. The number of aromatic nitrogens is 3. The molecular weight excluding hydrogens is 409 g/mol. The predicted molar refractivity (Wildman–Crippen MR) is 101 cm³/mol.